The minimum atomic E-state index is 0.410. The number of rotatable bonds is 4. The summed E-state index contributed by atoms with van der Waals surface area (Å²) in [5.74, 6) is 1.12. The molecule has 0 amide bonds. The molecule has 1 aromatic rings. The van der Waals surface area contributed by atoms with Crippen LogP contribution in [0.25, 0.3) is 0 Å². The number of nitrogens with one attached hydrogen (secondary N) is 1. The highest BCUT2D eigenvalue weighted by Crippen LogP contribution is 2.29. The number of hydrogen-bond acceptors (Lipinski definition) is 4. The van der Waals surface area contributed by atoms with E-state index in [4.69, 9.17) is 9.72 Å². The van der Waals surface area contributed by atoms with Crippen LogP contribution in [0.3, 0.4) is 0 Å². The number of nitrogens with zero attached hydrogens (tertiary/aromatic N) is 2. The second-order valence-corrected chi connectivity index (χ2v) is 6.37. The maximum Gasteiger partial charge on any atom is 0.129 e. The second-order valence-electron chi connectivity index (χ2n) is 6.37. The molecule has 0 radical (unpaired) electrons. The van der Waals surface area contributed by atoms with Crippen molar-refractivity contribution >= 4 is 5.82 Å². The van der Waals surface area contributed by atoms with Crippen molar-refractivity contribution in [3.8, 4) is 0 Å². The number of aryl methyl sites for hydroxylation is 1. The Kier molecular flexibility index (Phi) is 3.94. The highest BCUT2D eigenvalue weighted by Gasteiger charge is 2.34. The van der Waals surface area contributed by atoms with E-state index in [1.54, 1.807) is 0 Å². The zero-order valence-electron chi connectivity index (χ0n) is 12.7. The van der Waals surface area contributed by atoms with Crippen LogP contribution in [0.1, 0.15) is 37.9 Å². The molecule has 2 aliphatic heterocycles. The van der Waals surface area contributed by atoms with Crippen molar-refractivity contribution in [2.24, 2.45) is 0 Å². The van der Waals surface area contributed by atoms with Gasteiger partial charge in [-0.3, -0.25) is 0 Å². The van der Waals surface area contributed by atoms with E-state index in [1.807, 2.05) is 0 Å². The van der Waals surface area contributed by atoms with E-state index in [9.17, 15) is 0 Å². The maximum atomic E-state index is 5.91. The normalized spacial score (nSPS) is 25.5. The van der Waals surface area contributed by atoms with Gasteiger partial charge in [0.1, 0.15) is 5.82 Å². The number of hydrogen-bond donors (Lipinski definition) is 1. The molecule has 0 spiro atoms. The van der Waals surface area contributed by atoms with Gasteiger partial charge in [0.25, 0.3) is 0 Å². The number of anilines is 1. The molecule has 2 atom stereocenters. The van der Waals surface area contributed by atoms with Crippen LogP contribution in [-0.2, 0) is 11.3 Å². The molecule has 110 valence electrons. The van der Waals surface area contributed by atoms with Gasteiger partial charge in [-0.1, -0.05) is 13.8 Å². The quantitative estimate of drug-likeness (QED) is 0.914. The number of morpholine rings is 1. The molecule has 0 saturated carbocycles. The predicted octanol–water partition coefficient (Wildman–Crippen LogP) is 2.26. The first-order chi connectivity index (χ1) is 9.60. The highest BCUT2D eigenvalue weighted by atomic mass is 16.5. The lowest BCUT2D eigenvalue weighted by atomic mass is 10.2. The van der Waals surface area contributed by atoms with E-state index in [0.29, 0.717) is 18.2 Å². The first-order valence-corrected chi connectivity index (χ1v) is 7.71. The zero-order valence-corrected chi connectivity index (χ0v) is 12.7. The molecule has 2 unspecified atom stereocenters. The van der Waals surface area contributed by atoms with E-state index in [1.165, 1.54) is 18.4 Å². The molecule has 0 aliphatic carbocycles. The molecule has 1 aromatic heterocycles. The Balaban J connectivity index is 1.75. The van der Waals surface area contributed by atoms with Crippen molar-refractivity contribution in [3.63, 3.8) is 0 Å². The molecule has 3 rings (SSSR count). The molecule has 2 saturated heterocycles. The lowest BCUT2D eigenvalue weighted by Crippen LogP contribution is -2.43. The van der Waals surface area contributed by atoms with Crippen LogP contribution in [0, 0.1) is 6.92 Å². The summed E-state index contributed by atoms with van der Waals surface area (Å²) in [4.78, 5) is 7.12. The molecule has 0 aromatic carbocycles. The van der Waals surface area contributed by atoms with Crippen molar-refractivity contribution in [1.29, 1.82) is 0 Å². The molecule has 4 nitrogen and oxygen atoms in total. The van der Waals surface area contributed by atoms with Crippen LogP contribution < -0.4 is 10.2 Å². The zero-order chi connectivity index (χ0) is 14.1. The molecule has 2 fully saturated rings. The standard InChI is InChI=1S/C16H25N3O/c1-11(2)17-8-13-6-12(3)18-16(7-13)19-9-14-4-5-15(10-19)20-14/h6-7,11,14-15,17H,4-5,8-10H2,1-3H3. The summed E-state index contributed by atoms with van der Waals surface area (Å²) in [6.07, 6.45) is 3.23. The lowest BCUT2D eigenvalue weighted by molar-refractivity contribution is 0.0302. The van der Waals surface area contributed by atoms with Gasteiger partial charge in [0.2, 0.25) is 0 Å². The van der Waals surface area contributed by atoms with Gasteiger partial charge in [0, 0.05) is 31.4 Å². The van der Waals surface area contributed by atoms with Crippen LogP contribution in [-0.4, -0.2) is 36.3 Å². The Bertz CT molecular complexity index is 463. The molecular weight excluding hydrogens is 250 g/mol. The minimum Gasteiger partial charge on any atom is -0.371 e. The minimum absolute atomic E-state index is 0.410. The Morgan fingerprint density at radius 3 is 2.65 bits per heavy atom. The first kappa shape index (κ1) is 13.8. The molecule has 1 N–H and O–H groups in total. The fourth-order valence-electron chi connectivity index (χ4n) is 3.11. The largest absolute Gasteiger partial charge is 0.371 e. The van der Waals surface area contributed by atoms with Gasteiger partial charge in [-0.2, -0.15) is 0 Å². The summed E-state index contributed by atoms with van der Waals surface area (Å²) >= 11 is 0. The SMILES string of the molecule is Cc1cc(CNC(C)C)cc(N2CC3CCC(C2)O3)n1. The van der Waals surface area contributed by atoms with Crippen molar-refractivity contribution in [2.75, 3.05) is 18.0 Å². The van der Waals surface area contributed by atoms with Crippen molar-refractivity contribution < 1.29 is 4.74 Å². The second kappa shape index (κ2) is 5.70. The average molecular weight is 275 g/mol. The summed E-state index contributed by atoms with van der Waals surface area (Å²) in [5.41, 5.74) is 2.42. The van der Waals surface area contributed by atoms with Crippen molar-refractivity contribution in [1.82, 2.24) is 10.3 Å². The highest BCUT2D eigenvalue weighted by molar-refractivity contribution is 5.43. The van der Waals surface area contributed by atoms with Crippen LogP contribution in [0.5, 0.6) is 0 Å². The van der Waals surface area contributed by atoms with Crippen molar-refractivity contribution in [2.45, 2.75) is 58.4 Å². The van der Waals surface area contributed by atoms with E-state index < -0.39 is 0 Å². The Hall–Kier alpha value is -1.13. The fourth-order valence-corrected chi connectivity index (χ4v) is 3.11. The molecule has 2 bridgehead atoms. The van der Waals surface area contributed by atoms with Gasteiger partial charge in [-0.25, -0.2) is 4.98 Å². The summed E-state index contributed by atoms with van der Waals surface area (Å²) in [7, 11) is 0. The molecular formula is C16H25N3O. The smallest absolute Gasteiger partial charge is 0.129 e. The summed E-state index contributed by atoms with van der Waals surface area (Å²) < 4.78 is 5.91. The van der Waals surface area contributed by atoms with Crippen LogP contribution in [0.4, 0.5) is 5.82 Å². The Morgan fingerprint density at radius 2 is 2.00 bits per heavy atom. The van der Waals surface area contributed by atoms with Gasteiger partial charge >= 0.3 is 0 Å². The van der Waals surface area contributed by atoms with E-state index >= 15 is 0 Å². The van der Waals surface area contributed by atoms with Gasteiger partial charge in [-0.15, -0.1) is 0 Å². The fraction of sp³-hybridized carbons (Fsp3) is 0.688. The Morgan fingerprint density at radius 1 is 1.30 bits per heavy atom. The molecule has 3 heterocycles. The van der Waals surface area contributed by atoms with Crippen LogP contribution >= 0.6 is 0 Å². The number of fused-ring (bicyclic) bond motifs is 2. The third-order valence-corrected chi connectivity index (χ3v) is 4.08. The van der Waals surface area contributed by atoms with Gasteiger partial charge in [0.15, 0.2) is 0 Å². The maximum absolute atomic E-state index is 5.91. The number of pyridine rings is 1. The lowest BCUT2D eigenvalue weighted by Gasteiger charge is -2.33. The topological polar surface area (TPSA) is 37.4 Å². The molecule has 2 aliphatic rings. The number of ether oxygens (including phenoxy) is 1. The van der Waals surface area contributed by atoms with Gasteiger partial charge in [-0.05, 0) is 37.5 Å². The monoisotopic (exact) mass is 275 g/mol. The summed E-state index contributed by atoms with van der Waals surface area (Å²) in [6.45, 7) is 9.32. The van der Waals surface area contributed by atoms with E-state index in [0.717, 1.165) is 31.1 Å². The first-order valence-electron chi connectivity index (χ1n) is 7.71. The predicted molar refractivity (Wildman–Crippen MR) is 81.1 cm³/mol. The van der Waals surface area contributed by atoms with E-state index in [-0.39, 0.29) is 0 Å². The molecule has 20 heavy (non-hydrogen) atoms. The average Bonchev–Trinajstić information content (AvgIpc) is 2.74. The molecule has 4 heteroatoms. The van der Waals surface area contributed by atoms with Crippen LogP contribution in [0.15, 0.2) is 12.1 Å². The van der Waals surface area contributed by atoms with Crippen molar-refractivity contribution in [3.05, 3.63) is 23.4 Å². The third kappa shape index (κ3) is 3.13. The third-order valence-electron chi connectivity index (χ3n) is 4.08. The number of aromatic nitrogens is 1. The Labute approximate surface area is 121 Å². The summed E-state index contributed by atoms with van der Waals surface area (Å²) in [5, 5.41) is 3.48. The van der Waals surface area contributed by atoms with Gasteiger partial charge < -0.3 is 15.0 Å². The van der Waals surface area contributed by atoms with E-state index in [2.05, 4.69) is 43.1 Å². The summed E-state index contributed by atoms with van der Waals surface area (Å²) in [6, 6.07) is 4.91. The van der Waals surface area contributed by atoms with Gasteiger partial charge in [0.05, 0.1) is 12.2 Å². The van der Waals surface area contributed by atoms with Crippen LogP contribution in [0.2, 0.25) is 0 Å².